The second-order valence-electron chi connectivity index (χ2n) is 14.8. The molecule has 0 saturated carbocycles. The summed E-state index contributed by atoms with van der Waals surface area (Å²) in [7, 11) is 1.38. The summed E-state index contributed by atoms with van der Waals surface area (Å²) in [5.41, 5.74) is 3.59. The second kappa shape index (κ2) is 15.4. The van der Waals surface area contributed by atoms with Crippen molar-refractivity contribution in [1.82, 2.24) is 14.6 Å². The van der Waals surface area contributed by atoms with Gasteiger partial charge in [-0.1, -0.05) is 55.5 Å². The van der Waals surface area contributed by atoms with Crippen LogP contribution in [0.5, 0.6) is 5.75 Å². The molecular weight excluding hydrogens is 664 g/mol. The van der Waals surface area contributed by atoms with Crippen molar-refractivity contribution in [2.45, 2.75) is 96.0 Å². The number of benzene rings is 1. The van der Waals surface area contributed by atoms with Crippen LogP contribution in [0.3, 0.4) is 0 Å². The van der Waals surface area contributed by atoms with Crippen LogP contribution in [0, 0.1) is 12.8 Å². The summed E-state index contributed by atoms with van der Waals surface area (Å²) in [6.45, 7) is 23.4. The fraction of sp³-hybridized carbons (Fsp3) is 0.488. The number of carbonyl (C=O) groups excluding carboxylic acids is 1. The number of hydrogen-bond donors (Lipinski definition) is 0. The molecule has 0 spiro atoms. The van der Waals surface area contributed by atoms with E-state index >= 15 is 0 Å². The highest BCUT2D eigenvalue weighted by atomic mass is 35.5. The number of hydrogen-bond acceptors (Lipinski definition) is 8. The first kappa shape index (κ1) is 38.3. The summed E-state index contributed by atoms with van der Waals surface area (Å²) in [5, 5.41) is 5.22. The number of rotatable bonds is 13. The van der Waals surface area contributed by atoms with Gasteiger partial charge in [0, 0.05) is 42.8 Å². The molecule has 1 fully saturated rings. The Balaban J connectivity index is 1.63. The maximum Gasteiger partial charge on any atom is 0.339 e. The summed E-state index contributed by atoms with van der Waals surface area (Å²) in [6.07, 6.45) is 10.9. The molecule has 3 aromatic rings. The summed E-state index contributed by atoms with van der Waals surface area (Å²) >= 11 is 7.68. The topological polar surface area (TPSA) is 87.4 Å². The van der Waals surface area contributed by atoms with Gasteiger partial charge in [-0.2, -0.15) is 9.61 Å². The van der Waals surface area contributed by atoms with Crippen LogP contribution in [0.4, 0.5) is 5.82 Å². The van der Waals surface area contributed by atoms with Crippen molar-refractivity contribution in [3.05, 3.63) is 96.4 Å². The molecular formula is C41H53ClN4O5. The number of esters is 1. The van der Waals surface area contributed by atoms with Gasteiger partial charge in [0.05, 0.1) is 42.3 Å². The average Bonchev–Trinajstić information content (AvgIpc) is 3.52. The molecule has 1 aromatic carbocycles. The van der Waals surface area contributed by atoms with E-state index in [1.807, 2.05) is 81.6 Å². The zero-order valence-corrected chi connectivity index (χ0v) is 32.1. The van der Waals surface area contributed by atoms with Crippen LogP contribution >= 0.6 is 11.6 Å². The molecule has 5 rings (SSSR count). The smallest absolute Gasteiger partial charge is 0.339 e. The number of methoxy groups -OCH3 is 1. The van der Waals surface area contributed by atoms with E-state index in [1.54, 1.807) is 6.08 Å². The van der Waals surface area contributed by atoms with Gasteiger partial charge in [0.1, 0.15) is 16.4 Å². The lowest BCUT2D eigenvalue weighted by Gasteiger charge is -2.41. The molecule has 0 N–H and O–H groups in total. The van der Waals surface area contributed by atoms with E-state index in [0.29, 0.717) is 42.3 Å². The lowest BCUT2D eigenvalue weighted by Crippen LogP contribution is -2.45. The normalized spacial score (nSPS) is 21.5. The third kappa shape index (κ3) is 8.11. The molecule has 2 aliphatic rings. The molecule has 3 unspecified atom stereocenters. The maximum atomic E-state index is 13.5. The van der Waals surface area contributed by atoms with Crippen molar-refractivity contribution in [2.75, 3.05) is 31.7 Å². The first-order valence-corrected chi connectivity index (χ1v) is 18.1. The van der Waals surface area contributed by atoms with Crippen molar-refractivity contribution in [3.8, 4) is 5.75 Å². The van der Waals surface area contributed by atoms with Gasteiger partial charge in [0.15, 0.2) is 11.8 Å². The van der Waals surface area contributed by atoms with E-state index in [1.165, 1.54) is 7.11 Å². The Morgan fingerprint density at radius 3 is 2.53 bits per heavy atom. The van der Waals surface area contributed by atoms with Crippen LogP contribution in [0.2, 0.25) is 0 Å². The Morgan fingerprint density at radius 2 is 1.88 bits per heavy atom. The van der Waals surface area contributed by atoms with Crippen LogP contribution in [0.1, 0.15) is 89.4 Å². The second-order valence-corrected chi connectivity index (χ2v) is 15.4. The molecule has 1 aliphatic heterocycles. The average molecular weight is 717 g/mol. The lowest BCUT2D eigenvalue weighted by molar-refractivity contribution is -0.164. The van der Waals surface area contributed by atoms with Crippen LogP contribution in [0.25, 0.3) is 11.2 Å². The van der Waals surface area contributed by atoms with Crippen LogP contribution in [-0.4, -0.2) is 64.7 Å². The largest absolute Gasteiger partial charge is 0.490 e. The van der Waals surface area contributed by atoms with E-state index in [4.69, 9.17) is 40.6 Å². The molecule has 10 heteroatoms. The number of piperidine rings is 1. The van der Waals surface area contributed by atoms with Gasteiger partial charge in [0.2, 0.25) is 0 Å². The number of alkyl halides is 1. The minimum atomic E-state index is -1.03. The molecule has 1 saturated heterocycles. The minimum Gasteiger partial charge on any atom is -0.490 e. The number of nitrogens with zero attached hydrogens (tertiary/aromatic N) is 4. The fourth-order valence-corrected chi connectivity index (χ4v) is 7.22. The molecule has 4 atom stereocenters. The summed E-state index contributed by atoms with van der Waals surface area (Å²) in [4.78, 5) is 19.7. The van der Waals surface area contributed by atoms with E-state index in [2.05, 4.69) is 44.0 Å². The fourth-order valence-electron chi connectivity index (χ4n) is 6.94. The molecule has 1 aliphatic carbocycles. The number of carbonyl (C=O) groups is 1. The van der Waals surface area contributed by atoms with Crippen molar-refractivity contribution in [3.63, 3.8) is 0 Å². The summed E-state index contributed by atoms with van der Waals surface area (Å²) in [6, 6.07) is 10.00. The number of halogens is 1. The van der Waals surface area contributed by atoms with E-state index < -0.39 is 22.5 Å². The molecule has 2 aromatic heterocycles. The first-order valence-electron chi connectivity index (χ1n) is 17.8. The van der Waals surface area contributed by atoms with Crippen molar-refractivity contribution in [1.29, 1.82) is 0 Å². The highest BCUT2D eigenvalue weighted by molar-refractivity contribution is 6.26. The Bertz CT molecular complexity index is 1820. The number of anilines is 1. The summed E-state index contributed by atoms with van der Waals surface area (Å²) < 4.78 is 26.1. The highest BCUT2D eigenvalue weighted by Gasteiger charge is 2.43. The minimum absolute atomic E-state index is 0.0305. The zero-order valence-electron chi connectivity index (χ0n) is 31.4. The summed E-state index contributed by atoms with van der Waals surface area (Å²) in [5.74, 6) is 0.824. The first-order chi connectivity index (χ1) is 24.1. The highest BCUT2D eigenvalue weighted by Crippen LogP contribution is 2.49. The molecule has 0 amide bonds. The van der Waals surface area contributed by atoms with Gasteiger partial charge >= 0.3 is 5.97 Å². The van der Waals surface area contributed by atoms with Crippen molar-refractivity contribution < 1.29 is 23.7 Å². The Morgan fingerprint density at radius 1 is 1.18 bits per heavy atom. The molecule has 3 heterocycles. The van der Waals surface area contributed by atoms with Crippen LogP contribution in [-0.2, 0) is 23.9 Å². The van der Waals surface area contributed by atoms with Crippen molar-refractivity contribution >= 4 is 34.6 Å². The standard InChI is InChI=1S/C41H53ClN4O5/c1-11-16-27(3)50-32-19-14-13-17-31(32)30-18-15-20-41(42,28(30)4)33-26-34-43-29(5)35(36(38(47)48-10)51-39(6,7)8)37(46(34)44-33)45-23-21-40(9,22-24-45)49-25-12-2/h11-15,17-20,26-28,36H,1-2,16,21-25H2,3-10H3/t27-,28?,36?,41?/m0/s1. The van der Waals surface area contributed by atoms with Gasteiger partial charge in [0.25, 0.3) is 0 Å². The van der Waals surface area contributed by atoms with E-state index in [0.717, 1.165) is 42.0 Å². The van der Waals surface area contributed by atoms with Gasteiger partial charge < -0.3 is 23.8 Å². The van der Waals surface area contributed by atoms with Gasteiger partial charge in [-0.05, 0) is 66.0 Å². The molecule has 274 valence electrons. The SMILES string of the molecule is C=CCOC1(C)CCN(c2c(C(OC(C)(C)C)C(=O)OC)c(C)nc3cc(C4(Cl)C=CC=C(c5ccccc5O[C@@H](C)CC=C)C4C)nn23)CC1. The predicted molar refractivity (Wildman–Crippen MR) is 204 cm³/mol. The van der Waals surface area contributed by atoms with Gasteiger partial charge in [-0.3, -0.25) is 0 Å². The van der Waals surface area contributed by atoms with Gasteiger partial charge in [-0.25, -0.2) is 9.78 Å². The number of ether oxygens (including phenoxy) is 4. The Labute approximate surface area is 308 Å². The van der Waals surface area contributed by atoms with Crippen LogP contribution in [0.15, 0.2) is 73.9 Å². The third-order valence-corrected chi connectivity index (χ3v) is 10.4. The van der Waals surface area contributed by atoms with E-state index in [9.17, 15) is 4.79 Å². The van der Waals surface area contributed by atoms with Gasteiger partial charge in [-0.15, -0.1) is 24.8 Å². The maximum absolute atomic E-state index is 13.5. The number of para-hydroxylation sites is 1. The van der Waals surface area contributed by atoms with Crippen molar-refractivity contribution in [2.24, 2.45) is 5.92 Å². The quantitative estimate of drug-likeness (QED) is 0.0987. The van der Waals surface area contributed by atoms with E-state index in [-0.39, 0.29) is 17.6 Å². The predicted octanol–water partition coefficient (Wildman–Crippen LogP) is 8.70. The molecule has 9 nitrogen and oxygen atoms in total. The number of fused-ring (bicyclic) bond motifs is 1. The monoisotopic (exact) mass is 716 g/mol. The number of aromatic nitrogens is 3. The molecule has 51 heavy (non-hydrogen) atoms. The number of aryl methyl sites for hydroxylation is 1. The zero-order chi connectivity index (χ0) is 37.1. The third-order valence-electron chi connectivity index (χ3n) is 9.75. The molecule has 0 radical (unpaired) electrons. The number of allylic oxidation sites excluding steroid dienone is 4. The Hall–Kier alpha value is -3.92. The Kier molecular flexibility index (Phi) is 11.5. The van der Waals surface area contributed by atoms with Crippen LogP contribution < -0.4 is 9.64 Å². The lowest BCUT2D eigenvalue weighted by atomic mass is 9.78. The molecule has 0 bridgehead atoms.